The number of carbonyl (C=O) groups is 1. The molecule has 1 rings (SSSR count). The second-order valence-corrected chi connectivity index (χ2v) is 3.45. The minimum Gasteiger partial charge on any atom is -0.466 e. The van der Waals surface area contributed by atoms with E-state index in [1.807, 2.05) is 6.92 Å². The zero-order chi connectivity index (χ0) is 9.68. The van der Waals surface area contributed by atoms with E-state index in [0.29, 0.717) is 12.6 Å². The van der Waals surface area contributed by atoms with Crippen molar-refractivity contribution in [3.63, 3.8) is 0 Å². The maximum atomic E-state index is 11.5. The monoisotopic (exact) mass is 185 g/mol. The van der Waals surface area contributed by atoms with Crippen molar-refractivity contribution in [1.82, 2.24) is 5.32 Å². The van der Waals surface area contributed by atoms with Crippen LogP contribution in [0.15, 0.2) is 0 Å². The molecule has 0 aromatic rings. The summed E-state index contributed by atoms with van der Waals surface area (Å²) in [5, 5.41) is 3.33. The van der Waals surface area contributed by atoms with Gasteiger partial charge in [-0.15, -0.1) is 0 Å². The molecule has 0 bridgehead atoms. The van der Waals surface area contributed by atoms with Gasteiger partial charge in [-0.25, -0.2) is 0 Å². The quantitative estimate of drug-likeness (QED) is 0.671. The van der Waals surface area contributed by atoms with Gasteiger partial charge in [-0.1, -0.05) is 13.3 Å². The summed E-state index contributed by atoms with van der Waals surface area (Å²) in [6, 6.07) is 0.351. The summed E-state index contributed by atoms with van der Waals surface area (Å²) in [5.74, 6) is 0.0749. The first-order valence-electron chi connectivity index (χ1n) is 5.19. The molecular weight excluding hydrogens is 166 g/mol. The van der Waals surface area contributed by atoms with E-state index < -0.39 is 0 Å². The largest absolute Gasteiger partial charge is 0.466 e. The molecule has 0 aromatic carbocycles. The van der Waals surface area contributed by atoms with Crippen LogP contribution in [0, 0.1) is 5.92 Å². The molecule has 0 spiro atoms. The van der Waals surface area contributed by atoms with E-state index in [1.165, 1.54) is 0 Å². The first-order chi connectivity index (χ1) is 6.29. The lowest BCUT2D eigenvalue weighted by atomic mass is 10.0. The van der Waals surface area contributed by atoms with Crippen molar-refractivity contribution in [2.24, 2.45) is 5.92 Å². The molecule has 1 aliphatic rings. The molecule has 0 aliphatic heterocycles. The van der Waals surface area contributed by atoms with E-state index in [2.05, 4.69) is 12.2 Å². The van der Waals surface area contributed by atoms with Gasteiger partial charge in [-0.2, -0.15) is 0 Å². The topological polar surface area (TPSA) is 38.3 Å². The molecule has 0 unspecified atom stereocenters. The number of hydrogen-bond acceptors (Lipinski definition) is 3. The van der Waals surface area contributed by atoms with E-state index in [9.17, 15) is 4.79 Å². The highest BCUT2D eigenvalue weighted by Gasteiger charge is 2.33. The van der Waals surface area contributed by atoms with E-state index in [-0.39, 0.29) is 11.9 Å². The molecule has 0 radical (unpaired) electrons. The Hall–Kier alpha value is -0.570. The summed E-state index contributed by atoms with van der Waals surface area (Å²) < 4.78 is 5.02. The first kappa shape index (κ1) is 10.5. The molecule has 2 atom stereocenters. The molecule has 1 aliphatic carbocycles. The van der Waals surface area contributed by atoms with Gasteiger partial charge in [0.05, 0.1) is 12.5 Å². The Morgan fingerprint density at radius 1 is 1.46 bits per heavy atom. The molecule has 1 N–H and O–H groups in total. The standard InChI is InChI=1S/C10H19NO2/c1-3-11-9-7-5-6-8(9)10(12)13-4-2/h8-9,11H,3-7H2,1-2H3/t8-,9-/m0/s1. The summed E-state index contributed by atoms with van der Waals surface area (Å²) in [5.41, 5.74) is 0. The number of ether oxygens (including phenoxy) is 1. The predicted molar refractivity (Wildman–Crippen MR) is 51.4 cm³/mol. The third kappa shape index (κ3) is 2.69. The van der Waals surface area contributed by atoms with E-state index in [1.54, 1.807) is 0 Å². The minimum absolute atomic E-state index is 0.0223. The average Bonchev–Trinajstić information content (AvgIpc) is 2.54. The van der Waals surface area contributed by atoms with Crippen molar-refractivity contribution >= 4 is 5.97 Å². The lowest BCUT2D eigenvalue weighted by molar-refractivity contribution is -0.148. The third-order valence-corrected chi connectivity index (χ3v) is 2.57. The van der Waals surface area contributed by atoms with E-state index >= 15 is 0 Å². The van der Waals surface area contributed by atoms with Gasteiger partial charge >= 0.3 is 5.97 Å². The summed E-state index contributed by atoms with van der Waals surface area (Å²) in [7, 11) is 0. The van der Waals surface area contributed by atoms with Gasteiger partial charge in [-0.05, 0) is 26.3 Å². The van der Waals surface area contributed by atoms with Crippen molar-refractivity contribution in [3.05, 3.63) is 0 Å². The molecule has 0 saturated heterocycles. The number of esters is 1. The van der Waals surface area contributed by atoms with E-state index in [4.69, 9.17) is 4.74 Å². The zero-order valence-electron chi connectivity index (χ0n) is 8.51. The highest BCUT2D eigenvalue weighted by Crippen LogP contribution is 2.26. The number of nitrogens with one attached hydrogen (secondary N) is 1. The Balaban J connectivity index is 2.42. The molecule has 1 saturated carbocycles. The second kappa shape index (κ2) is 5.22. The molecule has 76 valence electrons. The van der Waals surface area contributed by atoms with E-state index in [0.717, 1.165) is 25.8 Å². The SMILES string of the molecule is CCN[C@H]1CCC[C@@H]1C(=O)OCC. The molecule has 0 aromatic heterocycles. The van der Waals surface area contributed by atoms with Gasteiger partial charge in [0, 0.05) is 6.04 Å². The van der Waals surface area contributed by atoms with Gasteiger partial charge in [-0.3, -0.25) is 4.79 Å². The number of carbonyl (C=O) groups excluding carboxylic acids is 1. The highest BCUT2D eigenvalue weighted by molar-refractivity contribution is 5.73. The summed E-state index contributed by atoms with van der Waals surface area (Å²) >= 11 is 0. The molecule has 0 amide bonds. The minimum atomic E-state index is -0.0223. The fourth-order valence-corrected chi connectivity index (χ4v) is 2.00. The van der Waals surface area contributed by atoms with Crippen LogP contribution in [0.4, 0.5) is 0 Å². The molecular formula is C10H19NO2. The van der Waals surface area contributed by atoms with Crippen LogP contribution in [-0.4, -0.2) is 25.2 Å². The fourth-order valence-electron chi connectivity index (χ4n) is 2.00. The average molecular weight is 185 g/mol. The van der Waals surface area contributed by atoms with Crippen LogP contribution in [0.3, 0.4) is 0 Å². The lowest BCUT2D eigenvalue weighted by Crippen LogP contribution is -2.36. The lowest BCUT2D eigenvalue weighted by Gasteiger charge is -2.18. The summed E-state index contributed by atoms with van der Waals surface area (Å²) in [6.45, 7) is 5.35. The normalized spacial score (nSPS) is 27.5. The Labute approximate surface area is 79.8 Å². The van der Waals surface area contributed by atoms with Crippen LogP contribution in [0.1, 0.15) is 33.1 Å². The Kier molecular flexibility index (Phi) is 4.22. The fraction of sp³-hybridized carbons (Fsp3) is 0.900. The first-order valence-corrected chi connectivity index (χ1v) is 5.19. The smallest absolute Gasteiger partial charge is 0.310 e. The Bertz CT molecular complexity index is 170. The van der Waals surface area contributed by atoms with Gasteiger partial charge in [0.2, 0.25) is 0 Å². The summed E-state index contributed by atoms with van der Waals surface area (Å²) in [6.07, 6.45) is 3.23. The maximum Gasteiger partial charge on any atom is 0.310 e. The van der Waals surface area contributed by atoms with Gasteiger partial charge < -0.3 is 10.1 Å². The van der Waals surface area contributed by atoms with Crippen LogP contribution >= 0.6 is 0 Å². The molecule has 1 fully saturated rings. The van der Waals surface area contributed by atoms with Crippen molar-refractivity contribution < 1.29 is 9.53 Å². The molecule has 3 nitrogen and oxygen atoms in total. The summed E-state index contributed by atoms with van der Waals surface area (Å²) in [4.78, 5) is 11.5. The van der Waals surface area contributed by atoms with Crippen LogP contribution in [0.25, 0.3) is 0 Å². The zero-order valence-corrected chi connectivity index (χ0v) is 8.51. The highest BCUT2D eigenvalue weighted by atomic mass is 16.5. The van der Waals surface area contributed by atoms with Gasteiger partial charge in [0.1, 0.15) is 0 Å². The number of rotatable bonds is 4. The Morgan fingerprint density at radius 2 is 2.23 bits per heavy atom. The second-order valence-electron chi connectivity index (χ2n) is 3.45. The molecule has 3 heteroatoms. The van der Waals surface area contributed by atoms with Crippen LogP contribution in [0.2, 0.25) is 0 Å². The van der Waals surface area contributed by atoms with Crippen LogP contribution < -0.4 is 5.32 Å². The van der Waals surface area contributed by atoms with Crippen molar-refractivity contribution in [2.45, 2.75) is 39.2 Å². The van der Waals surface area contributed by atoms with Crippen molar-refractivity contribution in [2.75, 3.05) is 13.2 Å². The third-order valence-electron chi connectivity index (χ3n) is 2.57. The van der Waals surface area contributed by atoms with Crippen molar-refractivity contribution in [3.8, 4) is 0 Å². The van der Waals surface area contributed by atoms with Crippen molar-refractivity contribution in [1.29, 1.82) is 0 Å². The molecule has 0 heterocycles. The molecule has 13 heavy (non-hydrogen) atoms. The van der Waals surface area contributed by atoms with Crippen LogP contribution in [-0.2, 0) is 9.53 Å². The Morgan fingerprint density at radius 3 is 2.85 bits per heavy atom. The number of hydrogen-bond donors (Lipinski definition) is 1. The maximum absolute atomic E-state index is 11.5. The van der Waals surface area contributed by atoms with Gasteiger partial charge in [0.15, 0.2) is 0 Å². The van der Waals surface area contributed by atoms with Gasteiger partial charge in [0.25, 0.3) is 0 Å². The predicted octanol–water partition coefficient (Wildman–Crippen LogP) is 1.33. The van der Waals surface area contributed by atoms with Crippen LogP contribution in [0.5, 0.6) is 0 Å².